The van der Waals surface area contributed by atoms with Crippen LogP contribution in [-0.2, 0) is 9.53 Å². The number of urea groups is 1. The molecule has 30 heavy (non-hydrogen) atoms. The van der Waals surface area contributed by atoms with E-state index in [2.05, 4.69) is 27.0 Å². The van der Waals surface area contributed by atoms with Crippen molar-refractivity contribution in [2.24, 2.45) is 0 Å². The standard InChI is InChI=1S/C22H30N4O4/c1-4-10-25-11-13-26(14-12-25)15-17-19(21(27)30-5-2)20(24-22(28)23-17)16-8-6-7-9-18(16)29-3/h4,6-9,20H,1,5,10-15H2,2-3H3,(H2,23,24,28)/t20-/m1/s1. The van der Waals surface area contributed by atoms with Gasteiger partial charge < -0.3 is 20.1 Å². The molecule has 2 N–H and O–H groups in total. The van der Waals surface area contributed by atoms with Crippen LogP contribution in [0.2, 0.25) is 0 Å². The number of piperazine rings is 1. The third kappa shape index (κ3) is 5.01. The Morgan fingerprint density at radius 1 is 1.23 bits per heavy atom. The SMILES string of the molecule is C=CCN1CCN(CC2=C(C(=O)OCC)[C@@H](c3ccccc3OC)NC(=O)N2)CC1. The van der Waals surface area contributed by atoms with Crippen LogP contribution < -0.4 is 15.4 Å². The Bertz CT molecular complexity index is 815. The van der Waals surface area contributed by atoms with E-state index in [1.54, 1.807) is 14.0 Å². The summed E-state index contributed by atoms with van der Waals surface area (Å²) in [7, 11) is 1.57. The normalized spacial score (nSPS) is 20.3. The van der Waals surface area contributed by atoms with Gasteiger partial charge in [0.15, 0.2) is 0 Å². The van der Waals surface area contributed by atoms with Gasteiger partial charge in [0, 0.05) is 50.5 Å². The van der Waals surface area contributed by atoms with Crippen LogP contribution in [0.3, 0.4) is 0 Å². The van der Waals surface area contributed by atoms with E-state index < -0.39 is 12.0 Å². The van der Waals surface area contributed by atoms with Crippen LogP contribution in [0.4, 0.5) is 4.79 Å². The summed E-state index contributed by atoms with van der Waals surface area (Å²) in [6.45, 7) is 10.7. The summed E-state index contributed by atoms with van der Waals surface area (Å²) in [5.41, 5.74) is 1.70. The van der Waals surface area contributed by atoms with Crippen molar-refractivity contribution in [3.63, 3.8) is 0 Å². The van der Waals surface area contributed by atoms with E-state index >= 15 is 0 Å². The first-order valence-electron chi connectivity index (χ1n) is 10.2. The number of esters is 1. The largest absolute Gasteiger partial charge is 0.496 e. The van der Waals surface area contributed by atoms with Crippen LogP contribution in [0, 0.1) is 0 Å². The topological polar surface area (TPSA) is 83.1 Å². The number of hydrogen-bond donors (Lipinski definition) is 2. The minimum atomic E-state index is -0.647. The van der Waals surface area contributed by atoms with E-state index in [0.717, 1.165) is 32.7 Å². The second kappa shape index (κ2) is 10.3. The highest BCUT2D eigenvalue weighted by Crippen LogP contribution is 2.33. The summed E-state index contributed by atoms with van der Waals surface area (Å²) in [6, 6.07) is 6.37. The Morgan fingerprint density at radius 2 is 1.93 bits per heavy atom. The molecular formula is C22H30N4O4. The lowest BCUT2D eigenvalue weighted by Gasteiger charge is -2.36. The molecule has 0 aliphatic carbocycles. The smallest absolute Gasteiger partial charge is 0.338 e. The molecule has 2 aliphatic heterocycles. The van der Waals surface area contributed by atoms with Crippen molar-refractivity contribution in [2.45, 2.75) is 13.0 Å². The number of amides is 2. The van der Waals surface area contributed by atoms with E-state index in [-0.39, 0.29) is 12.6 Å². The minimum Gasteiger partial charge on any atom is -0.496 e. The molecule has 1 saturated heterocycles. The molecule has 0 spiro atoms. The number of hydrogen-bond acceptors (Lipinski definition) is 6. The lowest BCUT2D eigenvalue weighted by atomic mass is 9.94. The second-order valence-electron chi connectivity index (χ2n) is 7.25. The molecule has 0 bridgehead atoms. The van der Waals surface area contributed by atoms with Gasteiger partial charge in [-0.05, 0) is 13.0 Å². The molecule has 8 heteroatoms. The number of para-hydroxylation sites is 1. The van der Waals surface area contributed by atoms with Crippen LogP contribution in [-0.4, -0.2) is 74.8 Å². The zero-order valence-corrected chi connectivity index (χ0v) is 17.6. The van der Waals surface area contributed by atoms with Gasteiger partial charge in [-0.1, -0.05) is 24.3 Å². The molecular weight excluding hydrogens is 384 g/mol. The molecule has 0 aromatic heterocycles. The van der Waals surface area contributed by atoms with Crippen LogP contribution >= 0.6 is 0 Å². The van der Waals surface area contributed by atoms with Crippen molar-refractivity contribution >= 4 is 12.0 Å². The Labute approximate surface area is 177 Å². The van der Waals surface area contributed by atoms with Crippen molar-refractivity contribution < 1.29 is 19.1 Å². The number of methoxy groups -OCH3 is 1. The fourth-order valence-electron chi connectivity index (χ4n) is 3.87. The van der Waals surface area contributed by atoms with Gasteiger partial charge in [0.25, 0.3) is 0 Å². The lowest BCUT2D eigenvalue weighted by molar-refractivity contribution is -0.139. The Hall–Kier alpha value is -2.84. The highest BCUT2D eigenvalue weighted by molar-refractivity contribution is 5.95. The summed E-state index contributed by atoms with van der Waals surface area (Å²) in [6.07, 6.45) is 1.90. The van der Waals surface area contributed by atoms with E-state index in [1.165, 1.54) is 0 Å². The number of carbonyl (C=O) groups is 2. The van der Waals surface area contributed by atoms with E-state index in [0.29, 0.717) is 29.1 Å². The van der Waals surface area contributed by atoms with Crippen LogP contribution in [0.5, 0.6) is 5.75 Å². The summed E-state index contributed by atoms with van der Waals surface area (Å²) in [5, 5.41) is 5.70. The minimum absolute atomic E-state index is 0.252. The van der Waals surface area contributed by atoms with Gasteiger partial charge >= 0.3 is 12.0 Å². The van der Waals surface area contributed by atoms with Crippen LogP contribution in [0.1, 0.15) is 18.5 Å². The molecule has 1 aromatic carbocycles. The van der Waals surface area contributed by atoms with Gasteiger partial charge in [-0.15, -0.1) is 6.58 Å². The molecule has 3 rings (SSSR count). The monoisotopic (exact) mass is 414 g/mol. The highest BCUT2D eigenvalue weighted by Gasteiger charge is 2.36. The zero-order chi connectivity index (χ0) is 21.5. The molecule has 162 valence electrons. The summed E-state index contributed by atoms with van der Waals surface area (Å²) in [5.74, 6) is 0.157. The van der Waals surface area contributed by atoms with E-state index in [1.807, 2.05) is 30.3 Å². The lowest BCUT2D eigenvalue weighted by Crippen LogP contribution is -2.51. The first-order chi connectivity index (χ1) is 14.6. The number of nitrogens with zero attached hydrogens (tertiary/aromatic N) is 2. The molecule has 0 unspecified atom stereocenters. The van der Waals surface area contributed by atoms with Gasteiger partial charge in [-0.3, -0.25) is 9.80 Å². The maximum absolute atomic E-state index is 12.9. The predicted octanol–water partition coefficient (Wildman–Crippen LogP) is 1.67. The summed E-state index contributed by atoms with van der Waals surface area (Å²) >= 11 is 0. The maximum Gasteiger partial charge on any atom is 0.338 e. The van der Waals surface area contributed by atoms with Gasteiger partial charge in [-0.2, -0.15) is 0 Å². The first kappa shape index (κ1) is 21.9. The fourth-order valence-corrected chi connectivity index (χ4v) is 3.87. The molecule has 1 atom stereocenters. The molecule has 1 fully saturated rings. The number of carbonyl (C=O) groups excluding carboxylic acids is 2. The van der Waals surface area contributed by atoms with Crippen LogP contribution in [0.15, 0.2) is 48.2 Å². The first-order valence-corrected chi connectivity index (χ1v) is 10.2. The Morgan fingerprint density at radius 3 is 2.60 bits per heavy atom. The summed E-state index contributed by atoms with van der Waals surface area (Å²) in [4.78, 5) is 30.0. The molecule has 0 radical (unpaired) electrons. The van der Waals surface area contributed by atoms with E-state index in [9.17, 15) is 9.59 Å². The second-order valence-corrected chi connectivity index (χ2v) is 7.25. The van der Waals surface area contributed by atoms with Gasteiger partial charge in [-0.25, -0.2) is 9.59 Å². The number of ether oxygens (including phenoxy) is 2. The molecule has 2 aliphatic rings. The third-order valence-corrected chi connectivity index (χ3v) is 5.33. The number of rotatable bonds is 8. The number of nitrogens with one attached hydrogen (secondary N) is 2. The Kier molecular flexibility index (Phi) is 7.48. The molecule has 8 nitrogen and oxygen atoms in total. The Balaban J connectivity index is 1.92. The van der Waals surface area contributed by atoms with Crippen molar-refractivity contribution in [1.29, 1.82) is 0 Å². The fraction of sp³-hybridized carbons (Fsp3) is 0.455. The zero-order valence-electron chi connectivity index (χ0n) is 17.6. The third-order valence-electron chi connectivity index (χ3n) is 5.33. The maximum atomic E-state index is 12.9. The van der Waals surface area contributed by atoms with Gasteiger partial charge in [0.05, 0.1) is 25.3 Å². The van der Waals surface area contributed by atoms with Gasteiger partial charge in [0.2, 0.25) is 0 Å². The van der Waals surface area contributed by atoms with Crippen LogP contribution in [0.25, 0.3) is 0 Å². The average molecular weight is 415 g/mol. The van der Waals surface area contributed by atoms with Crippen molar-refractivity contribution in [3.05, 3.63) is 53.8 Å². The van der Waals surface area contributed by atoms with Gasteiger partial charge in [0.1, 0.15) is 5.75 Å². The average Bonchev–Trinajstić information content (AvgIpc) is 2.75. The molecule has 1 aromatic rings. The molecule has 2 heterocycles. The van der Waals surface area contributed by atoms with Crippen molar-refractivity contribution in [2.75, 3.05) is 53.0 Å². The van der Waals surface area contributed by atoms with E-state index in [4.69, 9.17) is 9.47 Å². The molecule has 0 saturated carbocycles. The van der Waals surface area contributed by atoms with Crippen molar-refractivity contribution in [1.82, 2.24) is 20.4 Å². The number of benzene rings is 1. The van der Waals surface area contributed by atoms with Crippen molar-refractivity contribution in [3.8, 4) is 5.75 Å². The summed E-state index contributed by atoms with van der Waals surface area (Å²) < 4.78 is 10.8. The quantitative estimate of drug-likeness (QED) is 0.497. The highest BCUT2D eigenvalue weighted by atomic mass is 16.5. The predicted molar refractivity (Wildman–Crippen MR) is 114 cm³/mol. The molecule has 2 amide bonds.